The van der Waals surface area contributed by atoms with Crippen LogP contribution in [-0.2, 0) is 4.74 Å². The molecule has 0 saturated carbocycles. The molecule has 0 unspecified atom stereocenters. The van der Waals surface area contributed by atoms with Crippen LogP contribution in [0.5, 0.6) is 0 Å². The fraction of sp³-hybridized carbons (Fsp3) is 0.154. The Morgan fingerprint density at radius 1 is 1.17 bits per heavy atom. The molecule has 1 N–H and O–H groups in total. The largest absolute Gasteiger partial charge is 0.464 e. The van der Waals surface area contributed by atoms with E-state index in [-0.39, 0.29) is 5.69 Å². The molecule has 18 heavy (non-hydrogen) atoms. The van der Waals surface area contributed by atoms with Crippen molar-refractivity contribution in [3.8, 4) is 11.3 Å². The van der Waals surface area contributed by atoms with Crippen LogP contribution in [-0.4, -0.2) is 30.1 Å². The molecule has 0 fully saturated rings. The number of esters is 1. The second-order valence-corrected chi connectivity index (χ2v) is 3.61. The molecular weight excluding hydrogens is 230 g/mol. The number of pyridine rings is 2. The Balaban J connectivity index is 2.25. The topological polar surface area (TPSA) is 64.1 Å². The molecule has 92 valence electrons. The standard InChI is InChI=1S/C13H13N3O2/c1-14-10-4-6-11(16-8-10)9-3-5-12(15-7-9)13(17)18-2/h3-8,14H,1-2H3. The van der Waals surface area contributed by atoms with E-state index in [0.717, 1.165) is 16.9 Å². The number of rotatable bonds is 3. The van der Waals surface area contributed by atoms with Gasteiger partial charge in [-0.1, -0.05) is 0 Å². The summed E-state index contributed by atoms with van der Waals surface area (Å²) in [6.07, 6.45) is 3.34. The van der Waals surface area contributed by atoms with Gasteiger partial charge in [-0.3, -0.25) is 4.98 Å². The van der Waals surface area contributed by atoms with Crippen LogP contribution >= 0.6 is 0 Å². The fourth-order valence-corrected chi connectivity index (χ4v) is 1.48. The SMILES string of the molecule is CNc1ccc(-c2ccc(C(=O)OC)nc2)nc1. The number of hydrogen-bond donors (Lipinski definition) is 1. The first-order chi connectivity index (χ1) is 8.74. The summed E-state index contributed by atoms with van der Waals surface area (Å²) >= 11 is 0. The Labute approximate surface area is 105 Å². The molecule has 0 aliphatic rings. The minimum atomic E-state index is -0.444. The van der Waals surface area contributed by atoms with Crippen molar-refractivity contribution in [3.63, 3.8) is 0 Å². The number of methoxy groups -OCH3 is 1. The first kappa shape index (κ1) is 12.0. The van der Waals surface area contributed by atoms with Gasteiger partial charge in [0.05, 0.1) is 24.7 Å². The molecule has 2 rings (SSSR count). The molecule has 0 saturated heterocycles. The van der Waals surface area contributed by atoms with Gasteiger partial charge in [0.1, 0.15) is 5.69 Å². The molecule has 0 aromatic carbocycles. The van der Waals surface area contributed by atoms with E-state index < -0.39 is 5.97 Å². The maximum absolute atomic E-state index is 11.2. The number of carbonyl (C=O) groups is 1. The van der Waals surface area contributed by atoms with Crippen molar-refractivity contribution in [1.82, 2.24) is 9.97 Å². The molecule has 0 radical (unpaired) electrons. The van der Waals surface area contributed by atoms with Gasteiger partial charge >= 0.3 is 5.97 Å². The van der Waals surface area contributed by atoms with E-state index in [9.17, 15) is 4.79 Å². The first-order valence-corrected chi connectivity index (χ1v) is 5.43. The number of anilines is 1. The summed E-state index contributed by atoms with van der Waals surface area (Å²) in [6.45, 7) is 0. The number of nitrogens with zero attached hydrogens (tertiary/aromatic N) is 2. The molecule has 0 aliphatic heterocycles. The zero-order valence-electron chi connectivity index (χ0n) is 10.2. The van der Waals surface area contributed by atoms with Crippen LogP contribution in [0.25, 0.3) is 11.3 Å². The van der Waals surface area contributed by atoms with E-state index in [1.807, 2.05) is 19.2 Å². The maximum atomic E-state index is 11.2. The van der Waals surface area contributed by atoms with Gasteiger partial charge in [0, 0.05) is 18.8 Å². The molecule has 5 heteroatoms. The quantitative estimate of drug-likeness (QED) is 0.835. The summed E-state index contributed by atoms with van der Waals surface area (Å²) in [5.41, 5.74) is 2.88. The Morgan fingerprint density at radius 3 is 2.50 bits per heavy atom. The van der Waals surface area contributed by atoms with Crippen LogP contribution in [0.15, 0.2) is 36.7 Å². The summed E-state index contributed by atoms with van der Waals surface area (Å²) in [5, 5.41) is 3.00. The van der Waals surface area contributed by atoms with E-state index >= 15 is 0 Å². The van der Waals surface area contributed by atoms with E-state index in [1.165, 1.54) is 7.11 Å². The number of ether oxygens (including phenoxy) is 1. The number of nitrogens with one attached hydrogen (secondary N) is 1. The van der Waals surface area contributed by atoms with Crippen LogP contribution in [0, 0.1) is 0 Å². The predicted octanol–water partition coefficient (Wildman–Crippen LogP) is 1.97. The third kappa shape index (κ3) is 2.45. The highest BCUT2D eigenvalue weighted by Gasteiger charge is 2.07. The van der Waals surface area contributed by atoms with Gasteiger partial charge in [0.15, 0.2) is 0 Å². The zero-order chi connectivity index (χ0) is 13.0. The molecule has 0 amide bonds. The van der Waals surface area contributed by atoms with Crippen molar-refractivity contribution in [2.75, 3.05) is 19.5 Å². The Hall–Kier alpha value is -2.43. The van der Waals surface area contributed by atoms with Crippen molar-refractivity contribution in [2.45, 2.75) is 0 Å². The second-order valence-electron chi connectivity index (χ2n) is 3.61. The molecule has 0 spiro atoms. The normalized spacial score (nSPS) is 9.89. The highest BCUT2D eigenvalue weighted by Crippen LogP contribution is 2.17. The van der Waals surface area contributed by atoms with Crippen LogP contribution < -0.4 is 5.32 Å². The summed E-state index contributed by atoms with van der Waals surface area (Å²) in [6, 6.07) is 7.23. The van der Waals surface area contributed by atoms with Crippen molar-refractivity contribution >= 4 is 11.7 Å². The van der Waals surface area contributed by atoms with Gasteiger partial charge in [-0.2, -0.15) is 0 Å². The van der Waals surface area contributed by atoms with Gasteiger partial charge in [-0.05, 0) is 24.3 Å². The minimum absolute atomic E-state index is 0.285. The molecule has 0 atom stereocenters. The van der Waals surface area contributed by atoms with E-state index in [4.69, 9.17) is 0 Å². The van der Waals surface area contributed by atoms with E-state index in [1.54, 1.807) is 24.5 Å². The number of hydrogen-bond acceptors (Lipinski definition) is 5. The van der Waals surface area contributed by atoms with Crippen molar-refractivity contribution < 1.29 is 9.53 Å². The Morgan fingerprint density at radius 2 is 2.00 bits per heavy atom. The first-order valence-electron chi connectivity index (χ1n) is 5.43. The van der Waals surface area contributed by atoms with Gasteiger partial charge in [0.25, 0.3) is 0 Å². The lowest BCUT2D eigenvalue weighted by atomic mass is 10.2. The van der Waals surface area contributed by atoms with E-state index in [0.29, 0.717) is 0 Å². The molecule has 2 aromatic rings. The summed E-state index contributed by atoms with van der Waals surface area (Å²) < 4.78 is 4.59. The average Bonchev–Trinajstić information content (AvgIpc) is 2.47. The zero-order valence-corrected chi connectivity index (χ0v) is 10.2. The van der Waals surface area contributed by atoms with Crippen LogP contribution in [0.1, 0.15) is 10.5 Å². The Kier molecular flexibility index (Phi) is 3.52. The van der Waals surface area contributed by atoms with Crippen molar-refractivity contribution in [3.05, 3.63) is 42.4 Å². The van der Waals surface area contributed by atoms with Gasteiger partial charge in [0.2, 0.25) is 0 Å². The minimum Gasteiger partial charge on any atom is -0.464 e. The third-order valence-electron chi connectivity index (χ3n) is 2.51. The van der Waals surface area contributed by atoms with Gasteiger partial charge in [-0.25, -0.2) is 9.78 Å². The molecular formula is C13H13N3O2. The van der Waals surface area contributed by atoms with Crippen molar-refractivity contribution in [2.24, 2.45) is 0 Å². The Bertz CT molecular complexity index is 535. The van der Waals surface area contributed by atoms with E-state index in [2.05, 4.69) is 20.0 Å². The molecule has 0 aliphatic carbocycles. The smallest absolute Gasteiger partial charge is 0.356 e. The number of carbonyl (C=O) groups excluding carboxylic acids is 1. The lowest BCUT2D eigenvalue weighted by Gasteiger charge is -2.03. The molecule has 2 heterocycles. The summed E-state index contributed by atoms with van der Waals surface area (Å²) in [5.74, 6) is -0.444. The summed E-state index contributed by atoms with van der Waals surface area (Å²) in [7, 11) is 3.17. The van der Waals surface area contributed by atoms with Crippen LogP contribution in [0.4, 0.5) is 5.69 Å². The molecule has 0 bridgehead atoms. The maximum Gasteiger partial charge on any atom is 0.356 e. The van der Waals surface area contributed by atoms with Gasteiger partial charge in [-0.15, -0.1) is 0 Å². The van der Waals surface area contributed by atoms with Gasteiger partial charge < -0.3 is 10.1 Å². The number of aromatic nitrogens is 2. The lowest BCUT2D eigenvalue weighted by molar-refractivity contribution is 0.0594. The average molecular weight is 243 g/mol. The lowest BCUT2D eigenvalue weighted by Crippen LogP contribution is -2.03. The molecule has 5 nitrogen and oxygen atoms in total. The highest BCUT2D eigenvalue weighted by atomic mass is 16.5. The predicted molar refractivity (Wildman–Crippen MR) is 68.4 cm³/mol. The summed E-state index contributed by atoms with van der Waals surface area (Å²) in [4.78, 5) is 19.6. The third-order valence-corrected chi connectivity index (χ3v) is 2.51. The fourth-order valence-electron chi connectivity index (χ4n) is 1.48. The van der Waals surface area contributed by atoms with Crippen LogP contribution in [0.2, 0.25) is 0 Å². The highest BCUT2D eigenvalue weighted by molar-refractivity contribution is 5.87. The van der Waals surface area contributed by atoms with Crippen molar-refractivity contribution in [1.29, 1.82) is 0 Å². The molecule has 2 aromatic heterocycles. The monoisotopic (exact) mass is 243 g/mol. The van der Waals surface area contributed by atoms with Crippen LogP contribution in [0.3, 0.4) is 0 Å². The second kappa shape index (κ2) is 5.27.